The Morgan fingerprint density at radius 3 is 2.20 bits per heavy atom. The van der Waals surface area contributed by atoms with Gasteiger partial charge in [0.2, 0.25) is 0 Å². The minimum absolute atomic E-state index is 0.184. The van der Waals surface area contributed by atoms with Gasteiger partial charge in [0.25, 0.3) is 5.56 Å². The van der Waals surface area contributed by atoms with E-state index in [1.165, 1.54) is 4.68 Å². The van der Waals surface area contributed by atoms with E-state index in [1.54, 1.807) is 12.3 Å². The molecule has 0 aliphatic heterocycles. The van der Waals surface area contributed by atoms with Gasteiger partial charge in [0, 0.05) is 5.56 Å². The van der Waals surface area contributed by atoms with E-state index in [0.717, 1.165) is 11.1 Å². The SMILES string of the molecule is O=c1c2ccccc2nc(-c2ccccc2)n1/N=C\c1ccccc1. The minimum atomic E-state index is -0.184. The molecule has 4 aromatic rings. The average Bonchev–Trinajstić information content (AvgIpc) is 2.69. The van der Waals surface area contributed by atoms with Gasteiger partial charge in [0.05, 0.1) is 17.1 Å². The fourth-order valence-corrected chi connectivity index (χ4v) is 2.67. The van der Waals surface area contributed by atoms with E-state index in [9.17, 15) is 4.79 Å². The van der Waals surface area contributed by atoms with E-state index in [-0.39, 0.29) is 5.56 Å². The molecule has 120 valence electrons. The second-order valence-electron chi connectivity index (χ2n) is 5.59. The fourth-order valence-electron chi connectivity index (χ4n) is 2.67. The predicted octanol–water partition coefficient (Wildman–Crippen LogP) is 3.95. The van der Waals surface area contributed by atoms with Crippen molar-refractivity contribution in [1.29, 1.82) is 0 Å². The highest BCUT2D eigenvalue weighted by molar-refractivity contribution is 5.81. The molecule has 0 amide bonds. The van der Waals surface area contributed by atoms with Gasteiger partial charge in [0.15, 0.2) is 5.82 Å². The van der Waals surface area contributed by atoms with E-state index in [4.69, 9.17) is 0 Å². The summed E-state index contributed by atoms with van der Waals surface area (Å²) in [6.45, 7) is 0. The molecule has 0 atom stereocenters. The van der Waals surface area contributed by atoms with Crippen molar-refractivity contribution in [3.8, 4) is 11.4 Å². The maximum atomic E-state index is 13.0. The highest BCUT2D eigenvalue weighted by Gasteiger charge is 2.11. The van der Waals surface area contributed by atoms with Gasteiger partial charge in [0.1, 0.15) is 0 Å². The molecular formula is C21H15N3O. The molecule has 0 unspecified atom stereocenters. The van der Waals surface area contributed by atoms with E-state index in [0.29, 0.717) is 16.7 Å². The summed E-state index contributed by atoms with van der Waals surface area (Å²) in [5, 5.41) is 4.97. The monoisotopic (exact) mass is 325 g/mol. The lowest BCUT2D eigenvalue weighted by molar-refractivity contribution is 0.830. The summed E-state index contributed by atoms with van der Waals surface area (Å²) in [7, 11) is 0. The molecule has 0 fully saturated rings. The smallest absolute Gasteiger partial charge is 0.267 e. The summed E-state index contributed by atoms with van der Waals surface area (Å²) in [5.74, 6) is 0.525. The fraction of sp³-hybridized carbons (Fsp3) is 0. The maximum Gasteiger partial charge on any atom is 0.282 e. The lowest BCUT2D eigenvalue weighted by Crippen LogP contribution is -2.20. The van der Waals surface area contributed by atoms with Crippen LogP contribution in [0, 0.1) is 0 Å². The molecule has 0 saturated carbocycles. The molecule has 0 aliphatic rings. The molecular weight excluding hydrogens is 310 g/mol. The van der Waals surface area contributed by atoms with Gasteiger partial charge in [-0.25, -0.2) is 4.98 Å². The van der Waals surface area contributed by atoms with Gasteiger partial charge in [-0.1, -0.05) is 72.8 Å². The van der Waals surface area contributed by atoms with E-state index < -0.39 is 0 Å². The number of hydrogen-bond donors (Lipinski definition) is 0. The quantitative estimate of drug-likeness (QED) is 0.536. The van der Waals surface area contributed by atoms with Crippen LogP contribution < -0.4 is 5.56 Å². The number of hydrogen-bond acceptors (Lipinski definition) is 3. The second-order valence-corrected chi connectivity index (χ2v) is 5.59. The van der Waals surface area contributed by atoms with Crippen LogP contribution in [0.3, 0.4) is 0 Å². The normalized spacial score (nSPS) is 11.2. The van der Waals surface area contributed by atoms with Crippen LogP contribution in [0.2, 0.25) is 0 Å². The molecule has 0 spiro atoms. The Balaban J connectivity index is 1.96. The Morgan fingerprint density at radius 2 is 1.44 bits per heavy atom. The van der Waals surface area contributed by atoms with Crippen molar-refractivity contribution in [2.45, 2.75) is 0 Å². The molecule has 3 aromatic carbocycles. The first-order valence-electron chi connectivity index (χ1n) is 7.99. The van der Waals surface area contributed by atoms with Crippen molar-refractivity contribution in [2.24, 2.45) is 5.10 Å². The van der Waals surface area contributed by atoms with Crippen LogP contribution in [-0.2, 0) is 0 Å². The number of para-hydroxylation sites is 1. The Hall–Kier alpha value is -3.53. The summed E-state index contributed by atoms with van der Waals surface area (Å²) >= 11 is 0. The van der Waals surface area contributed by atoms with Gasteiger partial charge in [-0.3, -0.25) is 4.79 Å². The van der Waals surface area contributed by atoms with Crippen LogP contribution >= 0.6 is 0 Å². The maximum absolute atomic E-state index is 13.0. The Labute approximate surface area is 144 Å². The van der Waals surface area contributed by atoms with Gasteiger partial charge in [-0.15, -0.1) is 0 Å². The van der Waals surface area contributed by atoms with Crippen LogP contribution in [0.5, 0.6) is 0 Å². The Bertz CT molecular complexity index is 1100. The number of rotatable bonds is 3. The number of nitrogens with zero attached hydrogens (tertiary/aromatic N) is 3. The van der Waals surface area contributed by atoms with Crippen LogP contribution in [0.25, 0.3) is 22.3 Å². The zero-order valence-corrected chi connectivity index (χ0v) is 13.4. The highest BCUT2D eigenvalue weighted by atomic mass is 16.1. The third kappa shape index (κ3) is 2.97. The molecule has 25 heavy (non-hydrogen) atoms. The zero-order chi connectivity index (χ0) is 17.1. The summed E-state index contributed by atoms with van der Waals surface area (Å²) in [4.78, 5) is 17.6. The number of fused-ring (bicyclic) bond motifs is 1. The number of benzene rings is 3. The summed E-state index contributed by atoms with van der Waals surface area (Å²) < 4.78 is 1.37. The molecule has 0 radical (unpaired) electrons. The third-order valence-electron chi connectivity index (χ3n) is 3.91. The van der Waals surface area contributed by atoms with Crippen LogP contribution in [0.15, 0.2) is 94.8 Å². The number of aromatic nitrogens is 2. The molecule has 0 bridgehead atoms. The van der Waals surface area contributed by atoms with Crippen molar-refractivity contribution in [2.75, 3.05) is 0 Å². The molecule has 4 rings (SSSR count). The second kappa shape index (κ2) is 6.53. The van der Waals surface area contributed by atoms with E-state index in [1.807, 2.05) is 78.9 Å². The van der Waals surface area contributed by atoms with Gasteiger partial charge < -0.3 is 0 Å². The molecule has 0 aliphatic carbocycles. The van der Waals surface area contributed by atoms with Crippen LogP contribution in [0.1, 0.15) is 5.56 Å². The van der Waals surface area contributed by atoms with E-state index in [2.05, 4.69) is 10.1 Å². The largest absolute Gasteiger partial charge is 0.282 e. The lowest BCUT2D eigenvalue weighted by atomic mass is 10.2. The Morgan fingerprint density at radius 1 is 0.800 bits per heavy atom. The first-order chi connectivity index (χ1) is 12.3. The topological polar surface area (TPSA) is 47.2 Å². The standard InChI is InChI=1S/C21H15N3O/c25-21-18-13-7-8-14-19(18)23-20(17-11-5-2-6-12-17)24(21)22-15-16-9-3-1-4-10-16/h1-15H/b22-15-. The summed E-state index contributed by atoms with van der Waals surface area (Å²) in [5.41, 5.74) is 2.24. The molecule has 0 N–H and O–H groups in total. The average molecular weight is 325 g/mol. The highest BCUT2D eigenvalue weighted by Crippen LogP contribution is 2.18. The van der Waals surface area contributed by atoms with Crippen LogP contribution in [-0.4, -0.2) is 15.9 Å². The molecule has 4 nitrogen and oxygen atoms in total. The van der Waals surface area contributed by atoms with Gasteiger partial charge >= 0.3 is 0 Å². The lowest BCUT2D eigenvalue weighted by Gasteiger charge is -2.09. The van der Waals surface area contributed by atoms with Crippen LogP contribution in [0.4, 0.5) is 0 Å². The molecule has 4 heteroatoms. The molecule has 0 saturated heterocycles. The predicted molar refractivity (Wildman–Crippen MR) is 101 cm³/mol. The first kappa shape index (κ1) is 15.0. The Kier molecular flexibility index (Phi) is 3.92. The molecule has 1 aromatic heterocycles. The van der Waals surface area contributed by atoms with Crippen molar-refractivity contribution >= 4 is 17.1 Å². The third-order valence-corrected chi connectivity index (χ3v) is 3.91. The summed E-state index contributed by atoms with van der Waals surface area (Å²) in [6, 6.07) is 26.6. The van der Waals surface area contributed by atoms with E-state index >= 15 is 0 Å². The van der Waals surface area contributed by atoms with Crippen molar-refractivity contribution in [3.63, 3.8) is 0 Å². The van der Waals surface area contributed by atoms with Crippen molar-refractivity contribution in [1.82, 2.24) is 9.66 Å². The van der Waals surface area contributed by atoms with Crippen molar-refractivity contribution in [3.05, 3.63) is 101 Å². The van der Waals surface area contributed by atoms with Gasteiger partial charge in [-0.05, 0) is 17.7 Å². The summed E-state index contributed by atoms with van der Waals surface area (Å²) in [6.07, 6.45) is 1.67. The first-order valence-corrected chi connectivity index (χ1v) is 7.99. The molecule has 1 heterocycles. The minimum Gasteiger partial charge on any atom is -0.267 e. The van der Waals surface area contributed by atoms with Gasteiger partial charge in [-0.2, -0.15) is 9.78 Å². The zero-order valence-electron chi connectivity index (χ0n) is 13.4. The van der Waals surface area contributed by atoms with Crippen molar-refractivity contribution < 1.29 is 0 Å².